The number of amides is 1. The van der Waals surface area contributed by atoms with E-state index < -0.39 is 10.0 Å². The molecule has 0 aliphatic carbocycles. The van der Waals surface area contributed by atoms with Gasteiger partial charge in [0.05, 0.1) is 25.5 Å². The molecule has 27 heavy (non-hydrogen) atoms. The van der Waals surface area contributed by atoms with Crippen molar-refractivity contribution in [2.75, 3.05) is 33.6 Å². The van der Waals surface area contributed by atoms with Crippen molar-refractivity contribution < 1.29 is 22.7 Å². The van der Waals surface area contributed by atoms with E-state index in [0.717, 1.165) is 5.56 Å². The van der Waals surface area contributed by atoms with Gasteiger partial charge in [-0.3, -0.25) is 4.79 Å². The summed E-state index contributed by atoms with van der Waals surface area (Å²) in [5.41, 5.74) is 1.37. The number of hydrogen-bond acceptors (Lipinski definition) is 6. The normalized spacial score (nSPS) is 17.5. The van der Waals surface area contributed by atoms with E-state index in [0.29, 0.717) is 29.5 Å². The molecule has 0 radical (unpaired) electrons. The maximum absolute atomic E-state index is 12.7. The van der Waals surface area contributed by atoms with Gasteiger partial charge in [0.15, 0.2) is 11.5 Å². The molecule has 0 N–H and O–H groups in total. The van der Waals surface area contributed by atoms with Crippen LogP contribution in [0.1, 0.15) is 5.56 Å². The monoisotopic (exact) mass is 391 g/mol. The summed E-state index contributed by atoms with van der Waals surface area (Å²) in [5.74, 6) is 1.32. The van der Waals surface area contributed by atoms with Crippen LogP contribution in [0.3, 0.4) is 0 Å². The van der Waals surface area contributed by atoms with Gasteiger partial charge >= 0.3 is 0 Å². The van der Waals surface area contributed by atoms with Crippen molar-refractivity contribution in [3.63, 3.8) is 0 Å². The average molecular weight is 391 g/mol. The predicted octanol–water partition coefficient (Wildman–Crippen LogP) is 1.16. The second-order valence-electron chi connectivity index (χ2n) is 6.20. The fourth-order valence-corrected chi connectivity index (χ4v) is 3.84. The Balaban J connectivity index is 1.73. The van der Waals surface area contributed by atoms with Gasteiger partial charge in [-0.25, -0.2) is 8.42 Å². The molecule has 2 heterocycles. The minimum absolute atomic E-state index is 0.0657. The topological polar surface area (TPSA) is 88.5 Å². The van der Waals surface area contributed by atoms with Gasteiger partial charge in [-0.05, 0) is 29.8 Å². The van der Waals surface area contributed by atoms with Crippen LogP contribution in [-0.2, 0) is 21.4 Å². The molecule has 144 valence electrons. The highest BCUT2D eigenvalue weighted by atomic mass is 32.2. The summed E-state index contributed by atoms with van der Waals surface area (Å²) in [6.45, 7) is 0.668. The van der Waals surface area contributed by atoms with Crippen LogP contribution < -0.4 is 9.47 Å². The number of carbonyl (C=O) groups excluding carboxylic acids is 1. The van der Waals surface area contributed by atoms with Gasteiger partial charge in [0.25, 0.3) is 15.9 Å². The Morgan fingerprint density at radius 2 is 1.96 bits per heavy atom. The molecule has 1 aromatic carbocycles. The van der Waals surface area contributed by atoms with E-state index in [4.69, 9.17) is 9.47 Å². The summed E-state index contributed by atoms with van der Waals surface area (Å²) in [7, 11) is 1.42. The quantitative estimate of drug-likeness (QED) is 0.748. The lowest BCUT2D eigenvalue weighted by atomic mass is 10.1. The van der Waals surface area contributed by atoms with Crippen LogP contribution in [0.5, 0.6) is 11.5 Å². The minimum atomic E-state index is -3.41. The number of fused-ring (bicyclic) bond motifs is 1. The first-order valence-electron chi connectivity index (χ1n) is 8.28. The molecular formula is C18H21N3O5S. The number of ether oxygens (including phenoxy) is 2. The van der Waals surface area contributed by atoms with Crippen LogP contribution in [0.25, 0.3) is 0 Å². The van der Waals surface area contributed by atoms with Gasteiger partial charge in [0.2, 0.25) is 0 Å². The van der Waals surface area contributed by atoms with Crippen LogP contribution in [-0.4, -0.2) is 63.5 Å². The van der Waals surface area contributed by atoms with E-state index in [1.165, 1.54) is 0 Å². The molecule has 9 heteroatoms. The van der Waals surface area contributed by atoms with Crippen LogP contribution >= 0.6 is 0 Å². The Hall–Kier alpha value is -2.81. The van der Waals surface area contributed by atoms with Crippen molar-refractivity contribution in [3.05, 3.63) is 47.7 Å². The highest BCUT2D eigenvalue weighted by Crippen LogP contribution is 2.28. The van der Waals surface area contributed by atoms with Crippen molar-refractivity contribution in [1.82, 2.24) is 9.80 Å². The largest absolute Gasteiger partial charge is 0.493 e. The number of hydrogen-bond donors (Lipinski definition) is 0. The zero-order valence-corrected chi connectivity index (χ0v) is 16.2. The van der Waals surface area contributed by atoms with E-state index in [2.05, 4.69) is 4.40 Å². The maximum atomic E-state index is 12.7. The minimum Gasteiger partial charge on any atom is -0.493 e. The van der Waals surface area contributed by atoms with Crippen molar-refractivity contribution >= 4 is 21.8 Å². The molecule has 0 atom stereocenters. The van der Waals surface area contributed by atoms with Gasteiger partial charge in [-0.1, -0.05) is 6.07 Å². The second-order valence-corrected chi connectivity index (χ2v) is 7.95. The number of benzene rings is 1. The Morgan fingerprint density at radius 3 is 2.67 bits per heavy atom. The first kappa shape index (κ1) is 19.0. The summed E-state index contributed by atoms with van der Waals surface area (Å²) in [4.78, 5) is 16.0. The van der Waals surface area contributed by atoms with Crippen molar-refractivity contribution in [3.8, 4) is 11.5 Å². The highest BCUT2D eigenvalue weighted by molar-refractivity contribution is 7.90. The van der Waals surface area contributed by atoms with Crippen LogP contribution in [0.2, 0.25) is 0 Å². The Morgan fingerprint density at radius 1 is 1.22 bits per heavy atom. The molecule has 1 aromatic rings. The second kappa shape index (κ2) is 7.43. The maximum Gasteiger partial charge on any atom is 0.256 e. The fraction of sp³-hybridized carbons (Fsp3) is 0.333. The fourth-order valence-electron chi connectivity index (χ4n) is 2.87. The smallest absolute Gasteiger partial charge is 0.256 e. The summed E-state index contributed by atoms with van der Waals surface area (Å²) in [6.07, 6.45) is 4.78. The molecule has 0 unspecified atom stereocenters. The van der Waals surface area contributed by atoms with E-state index >= 15 is 0 Å². The first-order chi connectivity index (χ1) is 12.8. The molecule has 1 amide bonds. The number of likely N-dealkylation sites (N-methyl/N-ethyl adjacent to an activating group) is 1. The van der Waals surface area contributed by atoms with Crippen LogP contribution in [0.15, 0.2) is 46.5 Å². The standard InChI is InChI=1S/C18H21N3O5S/c1-20(11-13-4-6-15(25-2)16(10-13)26-3)18(22)14-5-7-17-19-27(23,24)9-8-21(17)12-14/h4-7,10,12H,8-9,11H2,1-3H3. The van der Waals surface area contributed by atoms with Crippen LogP contribution in [0, 0.1) is 0 Å². The lowest BCUT2D eigenvalue weighted by Gasteiger charge is -2.28. The molecule has 0 spiro atoms. The zero-order valence-electron chi connectivity index (χ0n) is 15.4. The predicted molar refractivity (Wildman–Crippen MR) is 101 cm³/mol. The number of methoxy groups -OCH3 is 2. The van der Waals surface area contributed by atoms with Gasteiger partial charge in [0, 0.05) is 26.3 Å². The third-order valence-corrected chi connectivity index (χ3v) is 5.45. The summed E-state index contributed by atoms with van der Waals surface area (Å²) in [5, 5.41) is 0. The average Bonchev–Trinajstić information content (AvgIpc) is 2.66. The first-order valence-corrected chi connectivity index (χ1v) is 9.89. The summed E-state index contributed by atoms with van der Waals surface area (Å²) >= 11 is 0. The van der Waals surface area contributed by atoms with Gasteiger partial charge in [-0.15, -0.1) is 4.40 Å². The molecule has 2 aliphatic rings. The molecule has 0 aromatic heterocycles. The number of carbonyl (C=O) groups is 1. The molecule has 0 bridgehead atoms. The van der Waals surface area contributed by atoms with E-state index in [1.54, 1.807) is 55.5 Å². The number of nitrogens with zero attached hydrogens (tertiary/aromatic N) is 3. The number of sulfonamides is 1. The van der Waals surface area contributed by atoms with E-state index in [-0.39, 0.29) is 18.2 Å². The SMILES string of the molecule is COc1ccc(CN(C)C(=O)C2=CN3CCS(=O)(=O)N=C3C=C2)cc1OC. The molecule has 3 rings (SSSR count). The Bertz CT molecular complexity index is 950. The lowest BCUT2D eigenvalue weighted by molar-refractivity contribution is -0.126. The van der Waals surface area contributed by atoms with E-state index in [9.17, 15) is 13.2 Å². The van der Waals surface area contributed by atoms with E-state index in [1.807, 2.05) is 12.1 Å². The molecule has 2 aliphatic heterocycles. The van der Waals surface area contributed by atoms with Gasteiger partial charge in [0.1, 0.15) is 5.84 Å². The third kappa shape index (κ3) is 4.13. The van der Waals surface area contributed by atoms with Crippen molar-refractivity contribution in [2.24, 2.45) is 4.40 Å². The number of amidine groups is 1. The van der Waals surface area contributed by atoms with Gasteiger partial charge < -0.3 is 19.3 Å². The summed E-state index contributed by atoms with van der Waals surface area (Å²) < 4.78 is 37.4. The molecule has 0 saturated carbocycles. The van der Waals surface area contributed by atoms with Crippen molar-refractivity contribution in [2.45, 2.75) is 6.54 Å². The third-order valence-electron chi connectivity index (χ3n) is 4.29. The molecule has 0 saturated heterocycles. The highest BCUT2D eigenvalue weighted by Gasteiger charge is 2.26. The van der Waals surface area contributed by atoms with Crippen LogP contribution in [0.4, 0.5) is 0 Å². The Labute approximate surface area is 158 Å². The molecule has 8 nitrogen and oxygen atoms in total. The van der Waals surface area contributed by atoms with Gasteiger partial charge in [-0.2, -0.15) is 0 Å². The zero-order chi connectivity index (χ0) is 19.6. The number of rotatable bonds is 5. The molecular weight excluding hydrogens is 370 g/mol. The lowest BCUT2D eigenvalue weighted by Crippen LogP contribution is -2.38. The summed E-state index contributed by atoms with van der Waals surface area (Å²) in [6, 6.07) is 5.49. The Kier molecular flexibility index (Phi) is 5.22. The molecule has 0 fully saturated rings. The van der Waals surface area contributed by atoms with Crippen molar-refractivity contribution in [1.29, 1.82) is 0 Å².